The highest BCUT2D eigenvalue weighted by Crippen LogP contribution is 2.46. The minimum absolute atomic E-state index is 0.839. The molecule has 1 aromatic heterocycles. The molecular weight excluding hydrogens is 514 g/mol. The Labute approximate surface area is 224 Å². The van der Waals surface area contributed by atoms with Gasteiger partial charge in [0.1, 0.15) is 4.60 Å². The lowest BCUT2D eigenvalue weighted by molar-refractivity contribution is 1.28. The highest BCUT2D eigenvalue weighted by Gasteiger charge is 2.18. The monoisotopic (exact) mass is 535 g/mol. The van der Waals surface area contributed by atoms with Gasteiger partial charge in [-0.3, -0.25) is 0 Å². The van der Waals surface area contributed by atoms with Gasteiger partial charge in [0.15, 0.2) is 0 Å². The summed E-state index contributed by atoms with van der Waals surface area (Å²) in [5.74, 6) is 0. The van der Waals surface area contributed by atoms with Gasteiger partial charge in [0.25, 0.3) is 0 Å². The fraction of sp³-hybridized carbons (Fsp3) is 0. The molecule has 0 saturated carbocycles. The molecule has 0 unspecified atom stereocenters. The Hall–Kier alpha value is -4.27. The molecule has 1 nitrogen and oxygen atoms in total. The third-order valence-corrected chi connectivity index (χ3v) is 7.69. The maximum Gasteiger partial charge on any atom is 0.106 e. The minimum Gasteiger partial charge on any atom is -0.249 e. The third-order valence-electron chi connectivity index (χ3n) is 7.23. The largest absolute Gasteiger partial charge is 0.249 e. The van der Waals surface area contributed by atoms with Gasteiger partial charge in [0.05, 0.1) is 0 Å². The van der Waals surface area contributed by atoms with Crippen LogP contribution in [-0.2, 0) is 0 Å². The van der Waals surface area contributed by atoms with Crippen LogP contribution in [0, 0.1) is 0 Å². The Bertz CT molecular complexity index is 1870. The Morgan fingerprint density at radius 1 is 0.378 bits per heavy atom. The van der Waals surface area contributed by atoms with E-state index >= 15 is 0 Å². The molecule has 0 atom stereocenters. The summed E-state index contributed by atoms with van der Waals surface area (Å²) in [6.45, 7) is 0. The van der Waals surface area contributed by atoms with Crippen molar-refractivity contribution < 1.29 is 0 Å². The number of benzene rings is 6. The molecule has 0 bridgehead atoms. The molecule has 0 aliphatic rings. The zero-order valence-electron chi connectivity index (χ0n) is 20.0. The van der Waals surface area contributed by atoms with Crippen molar-refractivity contribution >= 4 is 48.2 Å². The van der Waals surface area contributed by atoms with Crippen molar-refractivity contribution in [1.82, 2.24) is 4.98 Å². The van der Waals surface area contributed by atoms with Gasteiger partial charge in [-0.25, -0.2) is 4.98 Å². The van der Waals surface area contributed by atoms with Gasteiger partial charge >= 0.3 is 0 Å². The first-order valence-electron chi connectivity index (χ1n) is 12.4. The highest BCUT2D eigenvalue weighted by molar-refractivity contribution is 9.10. The van der Waals surface area contributed by atoms with Crippen LogP contribution in [0.3, 0.4) is 0 Å². The predicted octanol–water partition coefficient (Wildman–Crippen LogP) is 10.3. The number of rotatable bonds is 3. The molecule has 0 radical (unpaired) electrons. The number of pyridine rings is 1. The molecule has 6 aromatic carbocycles. The smallest absolute Gasteiger partial charge is 0.106 e. The van der Waals surface area contributed by atoms with Crippen molar-refractivity contribution in [2.24, 2.45) is 0 Å². The van der Waals surface area contributed by atoms with E-state index in [1.165, 1.54) is 60.1 Å². The number of fused-ring (bicyclic) bond motifs is 3. The second-order valence-corrected chi connectivity index (χ2v) is 10.1. The molecule has 0 aliphatic carbocycles. The van der Waals surface area contributed by atoms with Crippen molar-refractivity contribution in [1.29, 1.82) is 0 Å². The van der Waals surface area contributed by atoms with Crippen LogP contribution in [-0.4, -0.2) is 4.98 Å². The average Bonchev–Trinajstić information content (AvgIpc) is 2.96. The number of aromatic nitrogens is 1. The van der Waals surface area contributed by atoms with E-state index in [4.69, 9.17) is 0 Å². The van der Waals surface area contributed by atoms with Crippen LogP contribution in [0.4, 0.5) is 0 Å². The normalized spacial score (nSPS) is 11.4. The number of hydrogen-bond acceptors (Lipinski definition) is 1. The molecule has 0 N–H and O–H groups in total. The minimum atomic E-state index is 0.839. The Balaban J connectivity index is 1.61. The second-order valence-electron chi connectivity index (χ2n) is 9.28. The summed E-state index contributed by atoms with van der Waals surface area (Å²) >= 11 is 3.49. The number of nitrogens with zero attached hydrogens (tertiary/aromatic N) is 1. The Morgan fingerprint density at radius 3 is 1.43 bits per heavy atom. The van der Waals surface area contributed by atoms with Crippen molar-refractivity contribution in [3.63, 3.8) is 0 Å². The lowest BCUT2D eigenvalue weighted by Crippen LogP contribution is -1.92. The second kappa shape index (κ2) is 8.99. The lowest BCUT2D eigenvalue weighted by atomic mass is 9.84. The maximum absolute atomic E-state index is 4.55. The Kier molecular flexibility index (Phi) is 5.34. The van der Waals surface area contributed by atoms with E-state index in [1.807, 2.05) is 12.3 Å². The summed E-state index contributed by atoms with van der Waals surface area (Å²) in [5, 5.41) is 7.49. The van der Waals surface area contributed by atoms with Gasteiger partial charge in [0, 0.05) is 11.8 Å². The summed E-state index contributed by atoms with van der Waals surface area (Å²) in [6.07, 6.45) is 1.96. The standard InChI is InChI=1S/C35H22BrN/c36-33-21-18-24(22-37-33)34-28-14-6-8-16-30(28)35(31-17-9-7-15-29(31)34)32-20-19-25(23-10-2-1-3-11-23)26-12-4-5-13-27(26)32/h1-22H. The van der Waals surface area contributed by atoms with Gasteiger partial charge < -0.3 is 0 Å². The molecule has 0 amide bonds. The van der Waals surface area contributed by atoms with Crippen LogP contribution in [0.1, 0.15) is 0 Å². The lowest BCUT2D eigenvalue weighted by Gasteiger charge is -2.19. The average molecular weight is 536 g/mol. The maximum atomic E-state index is 4.55. The van der Waals surface area contributed by atoms with Crippen molar-refractivity contribution in [2.45, 2.75) is 0 Å². The molecule has 174 valence electrons. The van der Waals surface area contributed by atoms with Crippen LogP contribution >= 0.6 is 15.9 Å². The molecule has 0 saturated heterocycles. The van der Waals surface area contributed by atoms with E-state index in [9.17, 15) is 0 Å². The quantitative estimate of drug-likeness (QED) is 0.162. The fourth-order valence-electron chi connectivity index (χ4n) is 5.64. The Morgan fingerprint density at radius 2 is 0.865 bits per heavy atom. The summed E-state index contributed by atoms with van der Waals surface area (Å²) in [4.78, 5) is 4.55. The van der Waals surface area contributed by atoms with E-state index in [2.05, 4.69) is 142 Å². The topological polar surface area (TPSA) is 12.9 Å². The van der Waals surface area contributed by atoms with Gasteiger partial charge in [-0.2, -0.15) is 0 Å². The predicted molar refractivity (Wildman–Crippen MR) is 161 cm³/mol. The highest BCUT2D eigenvalue weighted by atomic mass is 79.9. The zero-order valence-corrected chi connectivity index (χ0v) is 21.6. The van der Waals surface area contributed by atoms with Gasteiger partial charge in [-0.15, -0.1) is 0 Å². The molecule has 7 aromatic rings. The third kappa shape index (κ3) is 3.64. The first-order valence-corrected chi connectivity index (χ1v) is 13.2. The molecule has 1 heterocycles. The summed E-state index contributed by atoms with van der Waals surface area (Å²) in [6, 6.07) is 45.7. The number of hydrogen-bond donors (Lipinski definition) is 0. The first kappa shape index (κ1) is 22.0. The van der Waals surface area contributed by atoms with E-state index in [-0.39, 0.29) is 0 Å². The van der Waals surface area contributed by atoms with E-state index < -0.39 is 0 Å². The van der Waals surface area contributed by atoms with Gasteiger partial charge in [-0.05, 0) is 82.1 Å². The fourth-order valence-corrected chi connectivity index (χ4v) is 5.87. The molecule has 2 heteroatoms. The molecule has 37 heavy (non-hydrogen) atoms. The van der Waals surface area contributed by atoms with E-state index in [0.717, 1.165) is 10.2 Å². The molecule has 0 spiro atoms. The van der Waals surface area contributed by atoms with Gasteiger partial charge in [0.2, 0.25) is 0 Å². The van der Waals surface area contributed by atoms with Crippen LogP contribution in [0.15, 0.2) is 138 Å². The zero-order chi connectivity index (χ0) is 24.8. The molecular formula is C35H22BrN. The van der Waals surface area contributed by atoms with Crippen molar-refractivity contribution in [3.05, 3.63) is 138 Å². The molecule has 0 aliphatic heterocycles. The van der Waals surface area contributed by atoms with Gasteiger partial charge in [-0.1, -0.05) is 121 Å². The van der Waals surface area contributed by atoms with E-state index in [0.29, 0.717) is 0 Å². The first-order chi connectivity index (χ1) is 18.3. The van der Waals surface area contributed by atoms with E-state index in [1.54, 1.807) is 0 Å². The van der Waals surface area contributed by atoms with Crippen molar-refractivity contribution in [2.75, 3.05) is 0 Å². The van der Waals surface area contributed by atoms with Crippen LogP contribution in [0.5, 0.6) is 0 Å². The summed E-state index contributed by atoms with van der Waals surface area (Å²) < 4.78 is 0.839. The number of halogens is 1. The van der Waals surface area contributed by atoms with Crippen LogP contribution in [0.25, 0.3) is 65.7 Å². The summed E-state index contributed by atoms with van der Waals surface area (Å²) in [7, 11) is 0. The molecule has 0 fully saturated rings. The SMILES string of the molecule is Brc1ccc(-c2c3ccccc3c(-c3ccc(-c4ccccc4)c4ccccc34)c3ccccc23)cn1. The summed E-state index contributed by atoms with van der Waals surface area (Å²) in [5.41, 5.74) is 7.36. The van der Waals surface area contributed by atoms with Crippen molar-refractivity contribution in [3.8, 4) is 33.4 Å². The van der Waals surface area contributed by atoms with Crippen LogP contribution in [0.2, 0.25) is 0 Å². The molecule has 7 rings (SSSR count). The van der Waals surface area contributed by atoms with Crippen LogP contribution < -0.4 is 0 Å².